The van der Waals surface area contributed by atoms with E-state index in [1.807, 2.05) is 6.92 Å². The second-order valence-corrected chi connectivity index (χ2v) is 3.62. The number of aryl methyl sites for hydroxylation is 1. The van der Waals surface area contributed by atoms with Gasteiger partial charge in [-0.05, 0) is 37.3 Å². The maximum absolute atomic E-state index is 8.84. The summed E-state index contributed by atoms with van der Waals surface area (Å²) in [7, 11) is 0. The van der Waals surface area contributed by atoms with Crippen LogP contribution in [0.15, 0.2) is 36.4 Å². The molecule has 2 aromatic rings. The maximum atomic E-state index is 8.84. The average Bonchev–Trinajstić information content (AvgIpc) is 2.31. The van der Waals surface area contributed by atoms with Gasteiger partial charge in [-0.3, -0.25) is 0 Å². The number of nitrogen functional groups attached to an aromatic ring is 1. The summed E-state index contributed by atoms with van der Waals surface area (Å²) in [6, 6.07) is 12.4. The smallest absolute Gasteiger partial charge is 0.220 e. The highest BCUT2D eigenvalue weighted by Gasteiger charge is 2.02. The Morgan fingerprint density at radius 2 is 1.94 bits per heavy atom. The van der Waals surface area contributed by atoms with Crippen LogP contribution in [0, 0.1) is 18.3 Å². The molecule has 0 aliphatic heterocycles. The van der Waals surface area contributed by atoms with E-state index in [1.54, 1.807) is 36.4 Å². The largest absolute Gasteiger partial charge is 0.439 e. The molecule has 0 fully saturated rings. The number of benzene rings is 1. The number of nitrogens with zero attached hydrogens (tertiary/aromatic N) is 2. The molecule has 84 valence electrons. The van der Waals surface area contributed by atoms with E-state index in [4.69, 9.17) is 15.7 Å². The Morgan fingerprint density at radius 1 is 1.24 bits per heavy atom. The molecule has 0 radical (unpaired) electrons. The summed E-state index contributed by atoms with van der Waals surface area (Å²) in [5.74, 6) is 1.05. The number of hydrogen-bond donors (Lipinski definition) is 1. The van der Waals surface area contributed by atoms with Crippen molar-refractivity contribution in [1.29, 1.82) is 5.26 Å². The summed E-state index contributed by atoms with van der Waals surface area (Å²) in [5.41, 5.74) is 7.52. The number of ether oxygens (including phenoxy) is 1. The van der Waals surface area contributed by atoms with Crippen LogP contribution < -0.4 is 10.5 Å². The van der Waals surface area contributed by atoms with Crippen LogP contribution in [0.25, 0.3) is 0 Å². The van der Waals surface area contributed by atoms with E-state index in [0.717, 1.165) is 5.69 Å². The van der Waals surface area contributed by atoms with Gasteiger partial charge in [-0.15, -0.1) is 0 Å². The monoisotopic (exact) mass is 225 g/mol. The van der Waals surface area contributed by atoms with Crippen molar-refractivity contribution in [2.24, 2.45) is 0 Å². The quantitative estimate of drug-likeness (QED) is 0.797. The van der Waals surface area contributed by atoms with Crippen molar-refractivity contribution in [3.05, 3.63) is 47.7 Å². The second-order valence-electron chi connectivity index (χ2n) is 3.62. The van der Waals surface area contributed by atoms with Crippen molar-refractivity contribution in [1.82, 2.24) is 4.98 Å². The summed E-state index contributed by atoms with van der Waals surface area (Å²) in [6.07, 6.45) is 0. The van der Waals surface area contributed by atoms with Gasteiger partial charge in [0.2, 0.25) is 5.88 Å². The minimum Gasteiger partial charge on any atom is -0.439 e. The van der Waals surface area contributed by atoms with E-state index >= 15 is 0 Å². The van der Waals surface area contributed by atoms with E-state index in [2.05, 4.69) is 11.1 Å². The molecule has 1 heterocycles. The van der Waals surface area contributed by atoms with Gasteiger partial charge in [0.15, 0.2) is 0 Å². The molecule has 1 aromatic heterocycles. The lowest BCUT2D eigenvalue weighted by Gasteiger charge is -2.06. The van der Waals surface area contributed by atoms with Crippen molar-refractivity contribution in [3.63, 3.8) is 0 Å². The number of rotatable bonds is 2. The highest BCUT2D eigenvalue weighted by atomic mass is 16.5. The zero-order chi connectivity index (χ0) is 12.3. The van der Waals surface area contributed by atoms with Crippen LogP contribution in [0.5, 0.6) is 11.6 Å². The van der Waals surface area contributed by atoms with Gasteiger partial charge >= 0.3 is 0 Å². The van der Waals surface area contributed by atoms with E-state index in [-0.39, 0.29) is 0 Å². The van der Waals surface area contributed by atoms with Crippen LogP contribution in [0.1, 0.15) is 11.3 Å². The van der Waals surface area contributed by atoms with Gasteiger partial charge in [0.05, 0.1) is 11.6 Å². The van der Waals surface area contributed by atoms with Crippen molar-refractivity contribution >= 4 is 5.69 Å². The third kappa shape index (κ3) is 2.73. The fourth-order valence-corrected chi connectivity index (χ4v) is 1.41. The van der Waals surface area contributed by atoms with E-state index in [0.29, 0.717) is 22.9 Å². The molecule has 0 amide bonds. The van der Waals surface area contributed by atoms with Gasteiger partial charge < -0.3 is 10.5 Å². The fraction of sp³-hybridized carbons (Fsp3) is 0.0769. The summed E-state index contributed by atoms with van der Waals surface area (Å²) in [5, 5.41) is 8.84. The third-order valence-corrected chi connectivity index (χ3v) is 2.16. The average molecular weight is 225 g/mol. The zero-order valence-corrected chi connectivity index (χ0v) is 9.34. The number of nitrogens with two attached hydrogens (primary N) is 1. The van der Waals surface area contributed by atoms with Gasteiger partial charge in [-0.1, -0.05) is 0 Å². The zero-order valence-electron chi connectivity index (χ0n) is 9.34. The molecule has 0 atom stereocenters. The third-order valence-electron chi connectivity index (χ3n) is 2.16. The van der Waals surface area contributed by atoms with Crippen LogP contribution in [0.3, 0.4) is 0 Å². The Bertz CT molecular complexity index is 570. The molecule has 1 aromatic carbocycles. The molecule has 0 unspecified atom stereocenters. The van der Waals surface area contributed by atoms with Crippen molar-refractivity contribution in [2.45, 2.75) is 6.92 Å². The number of anilines is 1. The standard InChI is InChI=1S/C13H11N3O/c1-9-6-10(8-14)7-13(16-9)17-12-4-2-11(15)3-5-12/h2-7H,15H2,1H3. The van der Waals surface area contributed by atoms with Gasteiger partial charge in [0, 0.05) is 17.4 Å². The van der Waals surface area contributed by atoms with Crippen molar-refractivity contribution < 1.29 is 4.74 Å². The molecule has 0 bridgehead atoms. The molecule has 4 nitrogen and oxygen atoms in total. The predicted octanol–water partition coefficient (Wildman–Crippen LogP) is 2.64. The minimum absolute atomic E-state index is 0.409. The first-order valence-electron chi connectivity index (χ1n) is 5.09. The molecule has 0 spiro atoms. The highest BCUT2D eigenvalue weighted by molar-refractivity contribution is 5.43. The molecule has 2 rings (SSSR count). The second kappa shape index (κ2) is 4.54. The van der Waals surface area contributed by atoms with Crippen molar-refractivity contribution in [3.8, 4) is 17.7 Å². The Hall–Kier alpha value is -2.54. The Labute approximate surface area is 99.3 Å². The first-order chi connectivity index (χ1) is 8.17. The molecule has 17 heavy (non-hydrogen) atoms. The molecule has 0 aliphatic carbocycles. The predicted molar refractivity (Wildman–Crippen MR) is 64.6 cm³/mol. The van der Waals surface area contributed by atoms with Gasteiger partial charge in [0.25, 0.3) is 0 Å². The molecule has 0 saturated heterocycles. The molecule has 4 heteroatoms. The number of aromatic nitrogens is 1. The maximum Gasteiger partial charge on any atom is 0.220 e. The van der Waals surface area contributed by atoms with Gasteiger partial charge in [0.1, 0.15) is 5.75 Å². The van der Waals surface area contributed by atoms with E-state index < -0.39 is 0 Å². The minimum atomic E-state index is 0.409. The molecule has 0 saturated carbocycles. The molecule has 0 aliphatic rings. The number of hydrogen-bond acceptors (Lipinski definition) is 4. The fourth-order valence-electron chi connectivity index (χ4n) is 1.41. The number of pyridine rings is 1. The van der Waals surface area contributed by atoms with Crippen LogP contribution in [-0.4, -0.2) is 4.98 Å². The molecular formula is C13H11N3O. The lowest BCUT2D eigenvalue weighted by molar-refractivity contribution is 0.461. The Balaban J connectivity index is 2.27. The van der Waals surface area contributed by atoms with Gasteiger partial charge in [-0.2, -0.15) is 5.26 Å². The molecule has 2 N–H and O–H groups in total. The SMILES string of the molecule is Cc1cc(C#N)cc(Oc2ccc(N)cc2)n1. The Kier molecular flexibility index (Phi) is 2.93. The summed E-state index contributed by atoms with van der Waals surface area (Å²) < 4.78 is 5.54. The summed E-state index contributed by atoms with van der Waals surface area (Å²) in [4.78, 5) is 4.19. The van der Waals surface area contributed by atoms with E-state index in [1.165, 1.54) is 0 Å². The lowest BCUT2D eigenvalue weighted by Crippen LogP contribution is -1.92. The van der Waals surface area contributed by atoms with Crippen molar-refractivity contribution in [2.75, 3.05) is 5.73 Å². The normalized spacial score (nSPS) is 9.65. The van der Waals surface area contributed by atoms with Crippen LogP contribution >= 0.6 is 0 Å². The van der Waals surface area contributed by atoms with E-state index in [9.17, 15) is 0 Å². The lowest BCUT2D eigenvalue weighted by atomic mass is 10.2. The van der Waals surface area contributed by atoms with Crippen LogP contribution in [0.4, 0.5) is 5.69 Å². The molecular weight excluding hydrogens is 214 g/mol. The van der Waals surface area contributed by atoms with Crippen LogP contribution in [-0.2, 0) is 0 Å². The first-order valence-corrected chi connectivity index (χ1v) is 5.09. The first kappa shape index (κ1) is 11.0. The summed E-state index contributed by atoms with van der Waals surface area (Å²) >= 11 is 0. The highest BCUT2D eigenvalue weighted by Crippen LogP contribution is 2.21. The number of nitriles is 1. The van der Waals surface area contributed by atoms with Gasteiger partial charge in [-0.25, -0.2) is 4.98 Å². The summed E-state index contributed by atoms with van der Waals surface area (Å²) in [6.45, 7) is 1.82. The topological polar surface area (TPSA) is 71.9 Å². The Morgan fingerprint density at radius 3 is 2.59 bits per heavy atom. The van der Waals surface area contributed by atoms with Crippen LogP contribution in [0.2, 0.25) is 0 Å².